The van der Waals surface area contributed by atoms with Crippen molar-refractivity contribution in [3.05, 3.63) is 66.0 Å². The van der Waals surface area contributed by atoms with Crippen molar-refractivity contribution in [1.82, 2.24) is 19.8 Å². The van der Waals surface area contributed by atoms with E-state index < -0.39 is 6.10 Å². The summed E-state index contributed by atoms with van der Waals surface area (Å²) in [6, 6.07) is 18.0. The summed E-state index contributed by atoms with van der Waals surface area (Å²) in [5, 5.41) is 3.07. The highest BCUT2D eigenvalue weighted by Gasteiger charge is 2.29. The number of ether oxygens (including phenoxy) is 1. The van der Waals surface area contributed by atoms with E-state index in [1.165, 1.54) is 6.42 Å². The Morgan fingerprint density at radius 3 is 2.53 bits per heavy atom. The van der Waals surface area contributed by atoms with Gasteiger partial charge in [-0.2, -0.15) is 0 Å². The molecule has 2 aliphatic rings. The molecule has 0 bridgehead atoms. The van der Waals surface area contributed by atoms with Gasteiger partial charge < -0.3 is 19.5 Å². The Hall–Kier alpha value is -3.19. The molecule has 2 unspecified atom stereocenters. The van der Waals surface area contributed by atoms with E-state index in [0.29, 0.717) is 19.0 Å². The number of hydrogen-bond acceptors (Lipinski definition) is 4. The van der Waals surface area contributed by atoms with Crippen LogP contribution >= 0.6 is 0 Å². The third kappa shape index (κ3) is 5.46. The number of hydrogen-bond donors (Lipinski definition) is 1. The van der Waals surface area contributed by atoms with Gasteiger partial charge in [0, 0.05) is 19.2 Å². The van der Waals surface area contributed by atoms with E-state index in [9.17, 15) is 9.59 Å². The van der Waals surface area contributed by atoms with Crippen molar-refractivity contribution in [2.45, 2.75) is 83.1 Å². The highest BCUT2D eigenvalue weighted by Crippen LogP contribution is 2.26. The first-order valence-corrected chi connectivity index (χ1v) is 13.3. The minimum Gasteiger partial charge on any atom is -0.368 e. The number of para-hydroxylation sites is 2. The number of nitrogens with one attached hydrogen (secondary N) is 1. The second kappa shape index (κ2) is 11.2. The van der Waals surface area contributed by atoms with Crippen molar-refractivity contribution in [1.29, 1.82) is 0 Å². The van der Waals surface area contributed by atoms with Crippen LogP contribution in [0.2, 0.25) is 0 Å². The molecule has 0 radical (unpaired) electrons. The van der Waals surface area contributed by atoms with Gasteiger partial charge in [0.05, 0.1) is 17.1 Å². The van der Waals surface area contributed by atoms with Crippen LogP contribution in [0.5, 0.6) is 0 Å². The molecule has 0 spiro atoms. The van der Waals surface area contributed by atoms with Crippen molar-refractivity contribution in [3.8, 4) is 0 Å². The van der Waals surface area contributed by atoms with Crippen LogP contribution in [-0.4, -0.2) is 45.0 Å². The quantitative estimate of drug-likeness (QED) is 0.496. The molecule has 7 heteroatoms. The van der Waals surface area contributed by atoms with Crippen LogP contribution in [-0.2, 0) is 27.4 Å². The number of carbonyl (C=O) groups is 2. The van der Waals surface area contributed by atoms with Crippen LogP contribution in [0, 0.1) is 0 Å². The van der Waals surface area contributed by atoms with Crippen molar-refractivity contribution in [2.75, 3.05) is 6.61 Å². The number of fused-ring (bicyclic) bond motifs is 1. The Morgan fingerprint density at radius 2 is 1.78 bits per heavy atom. The minimum absolute atomic E-state index is 0.0906. The largest absolute Gasteiger partial charge is 0.368 e. The van der Waals surface area contributed by atoms with E-state index in [0.717, 1.165) is 55.1 Å². The second-order valence-corrected chi connectivity index (χ2v) is 10.1. The van der Waals surface area contributed by atoms with Gasteiger partial charge in [0.2, 0.25) is 11.8 Å². The van der Waals surface area contributed by atoms with Gasteiger partial charge in [0.15, 0.2) is 0 Å². The molecule has 5 rings (SSSR count). The molecular formula is C29H36N4O3. The van der Waals surface area contributed by atoms with E-state index in [-0.39, 0.29) is 30.4 Å². The standard InChI is InChI=1S/C29H36N4O3/c1-21(30-29(35)26-17-10-18-36-26)28-31-24-15-8-9-16-25(24)33(28)20-27(34)32(23-13-6-3-7-14-23)19-22-11-4-2-5-12-22/h2,4-5,8-9,11-12,15-16,21,23,26H,3,6-7,10,13-14,17-20H2,1H3,(H,30,35). The van der Waals surface area contributed by atoms with Gasteiger partial charge in [-0.3, -0.25) is 9.59 Å². The van der Waals surface area contributed by atoms with Gasteiger partial charge in [-0.25, -0.2) is 4.98 Å². The lowest BCUT2D eigenvalue weighted by Gasteiger charge is -2.35. The molecule has 1 saturated carbocycles. The molecule has 3 aromatic rings. The molecule has 1 aliphatic carbocycles. The van der Waals surface area contributed by atoms with Gasteiger partial charge in [-0.05, 0) is 50.3 Å². The number of benzene rings is 2. The average Bonchev–Trinajstić information content (AvgIpc) is 3.57. The van der Waals surface area contributed by atoms with Crippen molar-refractivity contribution < 1.29 is 14.3 Å². The summed E-state index contributed by atoms with van der Waals surface area (Å²) in [7, 11) is 0. The van der Waals surface area contributed by atoms with Gasteiger partial charge in [0.25, 0.3) is 0 Å². The second-order valence-electron chi connectivity index (χ2n) is 10.1. The summed E-state index contributed by atoms with van der Waals surface area (Å²) >= 11 is 0. The Labute approximate surface area is 212 Å². The Morgan fingerprint density at radius 1 is 1.03 bits per heavy atom. The average molecular weight is 489 g/mol. The topological polar surface area (TPSA) is 76.5 Å². The summed E-state index contributed by atoms with van der Waals surface area (Å²) in [6.45, 7) is 3.35. The van der Waals surface area contributed by atoms with E-state index in [1.807, 2.05) is 54.0 Å². The van der Waals surface area contributed by atoms with Crippen molar-refractivity contribution in [3.63, 3.8) is 0 Å². The summed E-state index contributed by atoms with van der Waals surface area (Å²) in [5.74, 6) is 0.671. The summed E-state index contributed by atoms with van der Waals surface area (Å²) in [5.41, 5.74) is 2.87. The van der Waals surface area contributed by atoms with Crippen LogP contribution in [0.1, 0.15) is 69.3 Å². The molecule has 2 heterocycles. The number of imidazole rings is 1. The van der Waals surface area contributed by atoms with Gasteiger partial charge in [-0.1, -0.05) is 61.7 Å². The lowest BCUT2D eigenvalue weighted by atomic mass is 9.93. The molecule has 190 valence electrons. The molecule has 2 aromatic carbocycles. The van der Waals surface area contributed by atoms with Gasteiger partial charge in [0.1, 0.15) is 18.5 Å². The molecule has 2 amide bonds. The maximum atomic E-state index is 13.9. The Bertz CT molecular complexity index is 1180. The monoisotopic (exact) mass is 488 g/mol. The highest BCUT2D eigenvalue weighted by atomic mass is 16.5. The highest BCUT2D eigenvalue weighted by molar-refractivity contribution is 5.83. The molecular weight excluding hydrogens is 452 g/mol. The van der Waals surface area contributed by atoms with Crippen molar-refractivity contribution >= 4 is 22.8 Å². The lowest BCUT2D eigenvalue weighted by molar-refractivity contribution is -0.135. The zero-order valence-corrected chi connectivity index (χ0v) is 21.1. The third-order valence-corrected chi connectivity index (χ3v) is 7.48. The number of rotatable bonds is 8. The molecule has 36 heavy (non-hydrogen) atoms. The number of aromatic nitrogens is 2. The fourth-order valence-corrected chi connectivity index (χ4v) is 5.57. The molecule has 1 N–H and O–H groups in total. The van der Waals surface area contributed by atoms with Gasteiger partial charge >= 0.3 is 0 Å². The zero-order chi connectivity index (χ0) is 24.9. The predicted octanol–water partition coefficient (Wildman–Crippen LogP) is 4.75. The van der Waals surface area contributed by atoms with E-state index in [2.05, 4.69) is 22.3 Å². The molecule has 1 saturated heterocycles. The third-order valence-electron chi connectivity index (χ3n) is 7.48. The van der Waals surface area contributed by atoms with Gasteiger partial charge in [-0.15, -0.1) is 0 Å². The van der Waals surface area contributed by atoms with E-state index in [4.69, 9.17) is 9.72 Å². The Balaban J connectivity index is 1.41. The first-order chi connectivity index (χ1) is 17.6. The maximum Gasteiger partial charge on any atom is 0.249 e. The molecule has 7 nitrogen and oxygen atoms in total. The van der Waals surface area contributed by atoms with E-state index in [1.54, 1.807) is 0 Å². The summed E-state index contributed by atoms with van der Waals surface area (Å²) in [4.78, 5) is 33.6. The van der Waals surface area contributed by atoms with E-state index >= 15 is 0 Å². The predicted molar refractivity (Wildman–Crippen MR) is 139 cm³/mol. The molecule has 1 aliphatic heterocycles. The lowest BCUT2D eigenvalue weighted by Crippen LogP contribution is -2.43. The zero-order valence-electron chi connectivity index (χ0n) is 21.1. The Kier molecular flexibility index (Phi) is 7.66. The first kappa shape index (κ1) is 24.5. The van der Waals surface area contributed by atoms with Crippen LogP contribution in [0.15, 0.2) is 54.6 Å². The SMILES string of the molecule is CC(NC(=O)C1CCCO1)c1nc2ccccc2n1CC(=O)N(Cc1ccccc1)C1CCCCC1. The minimum atomic E-state index is -0.403. The normalized spacial score (nSPS) is 19.3. The van der Waals surface area contributed by atoms with Crippen LogP contribution in [0.25, 0.3) is 11.0 Å². The maximum absolute atomic E-state index is 13.9. The molecule has 2 fully saturated rings. The smallest absolute Gasteiger partial charge is 0.249 e. The van der Waals surface area contributed by atoms with Crippen molar-refractivity contribution in [2.24, 2.45) is 0 Å². The first-order valence-electron chi connectivity index (χ1n) is 13.3. The van der Waals surface area contributed by atoms with Crippen LogP contribution in [0.3, 0.4) is 0 Å². The number of nitrogens with zero attached hydrogens (tertiary/aromatic N) is 3. The summed E-state index contributed by atoms with van der Waals surface area (Å²) in [6.07, 6.45) is 6.89. The fraction of sp³-hybridized carbons (Fsp3) is 0.483. The van der Waals surface area contributed by atoms with Crippen LogP contribution < -0.4 is 5.32 Å². The molecule has 2 atom stereocenters. The number of amides is 2. The van der Waals surface area contributed by atoms with Crippen LogP contribution in [0.4, 0.5) is 0 Å². The summed E-state index contributed by atoms with van der Waals surface area (Å²) < 4.78 is 7.55. The number of carbonyl (C=O) groups excluding carboxylic acids is 2. The fourth-order valence-electron chi connectivity index (χ4n) is 5.57. The molecule has 1 aromatic heterocycles.